The Bertz CT molecular complexity index is 383. The summed E-state index contributed by atoms with van der Waals surface area (Å²) in [6.07, 6.45) is 8.74. The van der Waals surface area contributed by atoms with Gasteiger partial charge in [0.05, 0.1) is 0 Å². The minimum Gasteiger partial charge on any atom is -0.480 e. The predicted octanol–water partition coefficient (Wildman–Crippen LogP) is 2.05. The SMILES string of the molecule is CC(C(=O)O)n1cnnc1CCC1CCCC1. The van der Waals surface area contributed by atoms with Gasteiger partial charge in [0.25, 0.3) is 0 Å². The summed E-state index contributed by atoms with van der Waals surface area (Å²) in [6, 6.07) is -0.580. The van der Waals surface area contributed by atoms with E-state index in [9.17, 15) is 4.79 Å². The van der Waals surface area contributed by atoms with Crippen molar-refractivity contribution in [3.8, 4) is 0 Å². The fourth-order valence-electron chi connectivity index (χ4n) is 2.52. The normalized spacial score (nSPS) is 18.4. The molecule has 0 bridgehead atoms. The molecule has 0 aliphatic heterocycles. The van der Waals surface area contributed by atoms with Gasteiger partial charge in [0, 0.05) is 6.42 Å². The summed E-state index contributed by atoms with van der Waals surface area (Å²) < 4.78 is 1.66. The summed E-state index contributed by atoms with van der Waals surface area (Å²) in [6.45, 7) is 1.66. The minimum atomic E-state index is -0.841. The van der Waals surface area contributed by atoms with Gasteiger partial charge in [-0.1, -0.05) is 25.7 Å². The van der Waals surface area contributed by atoms with E-state index >= 15 is 0 Å². The van der Waals surface area contributed by atoms with E-state index < -0.39 is 12.0 Å². The van der Waals surface area contributed by atoms with Crippen molar-refractivity contribution in [2.75, 3.05) is 0 Å². The number of carbonyl (C=O) groups is 1. The van der Waals surface area contributed by atoms with Crippen LogP contribution >= 0.6 is 0 Å². The molecule has 17 heavy (non-hydrogen) atoms. The van der Waals surface area contributed by atoms with E-state index in [0.29, 0.717) is 0 Å². The summed E-state index contributed by atoms with van der Waals surface area (Å²) >= 11 is 0. The Hall–Kier alpha value is -1.39. The highest BCUT2D eigenvalue weighted by Crippen LogP contribution is 2.28. The molecule has 1 aromatic heterocycles. The number of rotatable bonds is 5. The Labute approximate surface area is 101 Å². The molecular weight excluding hydrogens is 218 g/mol. The Morgan fingerprint density at radius 3 is 2.94 bits per heavy atom. The number of carboxylic acid groups (broad SMARTS) is 1. The number of hydrogen-bond acceptors (Lipinski definition) is 3. The van der Waals surface area contributed by atoms with Crippen LogP contribution in [0.15, 0.2) is 6.33 Å². The Morgan fingerprint density at radius 1 is 1.59 bits per heavy atom. The second-order valence-corrected chi connectivity index (χ2v) is 4.86. The van der Waals surface area contributed by atoms with E-state index in [1.807, 2.05) is 0 Å². The first-order chi connectivity index (χ1) is 8.18. The van der Waals surface area contributed by atoms with Gasteiger partial charge in [0.1, 0.15) is 18.2 Å². The van der Waals surface area contributed by atoms with Gasteiger partial charge in [0.15, 0.2) is 0 Å². The molecule has 0 amide bonds. The molecule has 1 aliphatic carbocycles. The summed E-state index contributed by atoms with van der Waals surface area (Å²) in [4.78, 5) is 10.9. The van der Waals surface area contributed by atoms with Crippen LogP contribution in [-0.4, -0.2) is 25.8 Å². The molecule has 0 aromatic carbocycles. The van der Waals surface area contributed by atoms with Gasteiger partial charge in [-0.25, -0.2) is 4.79 Å². The molecule has 1 heterocycles. The topological polar surface area (TPSA) is 68.0 Å². The Kier molecular flexibility index (Phi) is 3.76. The first-order valence-corrected chi connectivity index (χ1v) is 6.29. The second-order valence-electron chi connectivity index (χ2n) is 4.86. The molecule has 94 valence electrons. The second kappa shape index (κ2) is 5.29. The predicted molar refractivity (Wildman–Crippen MR) is 62.6 cm³/mol. The molecule has 1 saturated carbocycles. The molecule has 1 unspecified atom stereocenters. The lowest BCUT2D eigenvalue weighted by atomic mass is 10.0. The molecule has 1 aliphatic rings. The van der Waals surface area contributed by atoms with E-state index in [1.54, 1.807) is 11.5 Å². The fourth-order valence-corrected chi connectivity index (χ4v) is 2.52. The van der Waals surface area contributed by atoms with Crippen molar-refractivity contribution in [3.63, 3.8) is 0 Å². The maximum absolute atomic E-state index is 10.9. The van der Waals surface area contributed by atoms with Gasteiger partial charge < -0.3 is 9.67 Å². The number of carboxylic acids is 1. The van der Waals surface area contributed by atoms with Gasteiger partial charge in [-0.15, -0.1) is 10.2 Å². The van der Waals surface area contributed by atoms with Crippen LogP contribution in [0.4, 0.5) is 0 Å². The lowest BCUT2D eigenvalue weighted by Gasteiger charge is -2.12. The average Bonchev–Trinajstić information content (AvgIpc) is 2.96. The van der Waals surface area contributed by atoms with Crippen molar-refractivity contribution in [2.45, 2.75) is 51.5 Å². The van der Waals surface area contributed by atoms with E-state index in [4.69, 9.17) is 5.11 Å². The maximum atomic E-state index is 10.9. The molecule has 5 heteroatoms. The third kappa shape index (κ3) is 2.84. The lowest BCUT2D eigenvalue weighted by molar-refractivity contribution is -0.140. The highest BCUT2D eigenvalue weighted by molar-refractivity contribution is 5.71. The molecule has 0 radical (unpaired) electrons. The number of nitrogens with zero attached hydrogens (tertiary/aromatic N) is 3. The van der Waals surface area contributed by atoms with E-state index in [-0.39, 0.29) is 0 Å². The first-order valence-electron chi connectivity index (χ1n) is 6.29. The quantitative estimate of drug-likeness (QED) is 0.851. The summed E-state index contributed by atoms with van der Waals surface area (Å²) in [5, 5.41) is 16.8. The smallest absolute Gasteiger partial charge is 0.326 e. The van der Waals surface area contributed by atoms with Gasteiger partial charge in [-0.3, -0.25) is 0 Å². The van der Waals surface area contributed by atoms with Crippen molar-refractivity contribution in [2.24, 2.45) is 5.92 Å². The zero-order valence-electron chi connectivity index (χ0n) is 10.2. The third-order valence-corrected chi connectivity index (χ3v) is 3.67. The molecule has 1 aromatic rings. The van der Waals surface area contributed by atoms with Crippen LogP contribution in [0.25, 0.3) is 0 Å². The average molecular weight is 237 g/mol. The van der Waals surface area contributed by atoms with Crippen LogP contribution in [0.1, 0.15) is 50.9 Å². The monoisotopic (exact) mass is 237 g/mol. The number of aromatic nitrogens is 3. The van der Waals surface area contributed by atoms with Gasteiger partial charge >= 0.3 is 5.97 Å². The highest BCUT2D eigenvalue weighted by atomic mass is 16.4. The summed E-state index contributed by atoms with van der Waals surface area (Å²) in [5.41, 5.74) is 0. The van der Waals surface area contributed by atoms with Crippen LogP contribution in [0.5, 0.6) is 0 Å². The minimum absolute atomic E-state index is 0.580. The van der Waals surface area contributed by atoms with Crippen LogP contribution in [0.3, 0.4) is 0 Å². The maximum Gasteiger partial charge on any atom is 0.326 e. The fraction of sp³-hybridized carbons (Fsp3) is 0.750. The van der Waals surface area contributed by atoms with Crippen LogP contribution in [0, 0.1) is 5.92 Å². The largest absolute Gasteiger partial charge is 0.480 e. The van der Waals surface area contributed by atoms with Crippen LogP contribution in [-0.2, 0) is 11.2 Å². The molecule has 5 nitrogen and oxygen atoms in total. The molecule has 1 N–H and O–H groups in total. The van der Waals surface area contributed by atoms with E-state index in [0.717, 1.165) is 24.6 Å². The van der Waals surface area contributed by atoms with Crippen LogP contribution < -0.4 is 0 Å². The standard InChI is InChI=1S/C12H19N3O2/c1-9(12(16)17)15-8-13-14-11(15)7-6-10-4-2-3-5-10/h8-10H,2-7H2,1H3,(H,16,17). The number of hydrogen-bond donors (Lipinski definition) is 1. The molecule has 1 fully saturated rings. The summed E-state index contributed by atoms with van der Waals surface area (Å²) in [7, 11) is 0. The Morgan fingerprint density at radius 2 is 2.29 bits per heavy atom. The number of aryl methyl sites for hydroxylation is 1. The zero-order valence-corrected chi connectivity index (χ0v) is 10.2. The van der Waals surface area contributed by atoms with Gasteiger partial charge in [-0.05, 0) is 19.3 Å². The summed E-state index contributed by atoms with van der Waals surface area (Å²) in [5.74, 6) is 0.749. The van der Waals surface area contributed by atoms with Crippen molar-refractivity contribution in [1.82, 2.24) is 14.8 Å². The van der Waals surface area contributed by atoms with E-state index in [1.165, 1.54) is 32.0 Å². The number of aliphatic carboxylic acids is 1. The molecule has 0 saturated heterocycles. The zero-order chi connectivity index (χ0) is 12.3. The molecule has 0 spiro atoms. The molecule has 2 rings (SSSR count). The van der Waals surface area contributed by atoms with Crippen molar-refractivity contribution >= 4 is 5.97 Å². The molecular formula is C12H19N3O2. The van der Waals surface area contributed by atoms with Crippen molar-refractivity contribution in [3.05, 3.63) is 12.2 Å². The third-order valence-electron chi connectivity index (χ3n) is 3.67. The van der Waals surface area contributed by atoms with E-state index in [2.05, 4.69) is 10.2 Å². The van der Waals surface area contributed by atoms with Crippen LogP contribution in [0.2, 0.25) is 0 Å². The van der Waals surface area contributed by atoms with Crippen molar-refractivity contribution in [1.29, 1.82) is 0 Å². The van der Waals surface area contributed by atoms with Gasteiger partial charge in [-0.2, -0.15) is 0 Å². The van der Waals surface area contributed by atoms with Crippen molar-refractivity contribution < 1.29 is 9.90 Å². The Balaban J connectivity index is 1.96. The molecule has 1 atom stereocenters. The van der Waals surface area contributed by atoms with Gasteiger partial charge in [0.2, 0.25) is 0 Å². The highest BCUT2D eigenvalue weighted by Gasteiger charge is 2.19. The first kappa shape index (κ1) is 12.1. The lowest BCUT2D eigenvalue weighted by Crippen LogP contribution is -2.17.